The average molecular weight is 231 g/mol. The number of nitrogens with zero attached hydrogens (tertiary/aromatic N) is 1. The number of hydrogen-bond acceptors (Lipinski definition) is 3. The van der Waals surface area contributed by atoms with Crippen molar-refractivity contribution in [1.29, 1.82) is 0 Å². The SMILES string of the molecule is CCN(C)C(C)(C)COCC(C)(C)COC. The van der Waals surface area contributed by atoms with Gasteiger partial charge in [-0.15, -0.1) is 0 Å². The Bertz CT molecular complexity index is 190. The standard InChI is InChI=1S/C13H29NO2/c1-8-14(6)13(4,5)11-16-10-12(2,3)9-15-7/h8-11H2,1-7H3. The van der Waals surface area contributed by atoms with E-state index in [9.17, 15) is 0 Å². The van der Waals surface area contributed by atoms with Gasteiger partial charge in [-0.25, -0.2) is 0 Å². The normalized spacial score (nSPS) is 13.5. The second-order valence-electron chi connectivity index (χ2n) is 5.92. The minimum atomic E-state index is 0.0929. The highest BCUT2D eigenvalue weighted by molar-refractivity contribution is 4.78. The first-order valence-corrected chi connectivity index (χ1v) is 6.03. The number of methoxy groups -OCH3 is 1. The Labute approximate surface area is 101 Å². The van der Waals surface area contributed by atoms with Gasteiger partial charge in [0.2, 0.25) is 0 Å². The van der Waals surface area contributed by atoms with E-state index >= 15 is 0 Å². The quantitative estimate of drug-likeness (QED) is 0.640. The van der Waals surface area contributed by atoms with Crippen LogP contribution in [0.25, 0.3) is 0 Å². The summed E-state index contributed by atoms with van der Waals surface area (Å²) in [5.41, 5.74) is 0.188. The molecule has 98 valence electrons. The van der Waals surface area contributed by atoms with Crippen LogP contribution in [-0.2, 0) is 9.47 Å². The fourth-order valence-electron chi connectivity index (χ4n) is 1.55. The van der Waals surface area contributed by atoms with Gasteiger partial charge < -0.3 is 9.47 Å². The van der Waals surface area contributed by atoms with Gasteiger partial charge in [0.1, 0.15) is 0 Å². The summed E-state index contributed by atoms with van der Waals surface area (Å²) in [6, 6.07) is 0. The van der Waals surface area contributed by atoms with E-state index in [2.05, 4.69) is 46.6 Å². The lowest BCUT2D eigenvalue weighted by Gasteiger charge is -2.35. The average Bonchev–Trinajstić information content (AvgIpc) is 2.15. The van der Waals surface area contributed by atoms with Crippen molar-refractivity contribution in [3.8, 4) is 0 Å². The van der Waals surface area contributed by atoms with Crippen molar-refractivity contribution in [2.45, 2.75) is 40.2 Å². The summed E-state index contributed by atoms with van der Waals surface area (Å²) >= 11 is 0. The predicted molar refractivity (Wildman–Crippen MR) is 68.9 cm³/mol. The molecule has 0 aliphatic heterocycles. The van der Waals surface area contributed by atoms with Crippen molar-refractivity contribution in [3.63, 3.8) is 0 Å². The Morgan fingerprint density at radius 3 is 2.00 bits per heavy atom. The number of likely N-dealkylation sites (N-methyl/N-ethyl adjacent to an activating group) is 1. The largest absolute Gasteiger partial charge is 0.384 e. The molecule has 3 heteroatoms. The molecule has 0 aromatic carbocycles. The zero-order chi connectivity index (χ0) is 12.8. The lowest BCUT2D eigenvalue weighted by Crippen LogP contribution is -2.45. The maximum absolute atomic E-state index is 5.82. The third-order valence-electron chi connectivity index (χ3n) is 2.99. The fraction of sp³-hybridized carbons (Fsp3) is 1.00. The molecule has 0 saturated carbocycles. The Kier molecular flexibility index (Phi) is 6.53. The Hall–Kier alpha value is -0.120. The van der Waals surface area contributed by atoms with Gasteiger partial charge in [0.25, 0.3) is 0 Å². The van der Waals surface area contributed by atoms with E-state index in [0.717, 1.165) is 26.4 Å². The molecule has 0 aliphatic rings. The third-order valence-corrected chi connectivity index (χ3v) is 2.99. The third kappa shape index (κ3) is 5.83. The van der Waals surface area contributed by atoms with Crippen LogP contribution in [0.1, 0.15) is 34.6 Å². The minimum Gasteiger partial charge on any atom is -0.384 e. The molecule has 0 heterocycles. The van der Waals surface area contributed by atoms with Crippen LogP contribution in [0.4, 0.5) is 0 Å². The Morgan fingerprint density at radius 1 is 1.00 bits per heavy atom. The van der Waals surface area contributed by atoms with Crippen molar-refractivity contribution in [2.75, 3.05) is 40.5 Å². The summed E-state index contributed by atoms with van der Waals surface area (Å²) in [4.78, 5) is 2.30. The van der Waals surface area contributed by atoms with Crippen LogP contribution in [0.2, 0.25) is 0 Å². The summed E-state index contributed by atoms with van der Waals surface area (Å²) in [5, 5.41) is 0. The van der Waals surface area contributed by atoms with Crippen LogP contribution in [0.5, 0.6) is 0 Å². The molecule has 0 aliphatic carbocycles. The fourth-order valence-corrected chi connectivity index (χ4v) is 1.55. The zero-order valence-corrected chi connectivity index (χ0v) is 12.1. The maximum Gasteiger partial charge on any atom is 0.0645 e. The van der Waals surface area contributed by atoms with Gasteiger partial charge in [0, 0.05) is 18.1 Å². The predicted octanol–water partition coefficient (Wildman–Crippen LogP) is 2.41. The van der Waals surface area contributed by atoms with Crippen molar-refractivity contribution in [3.05, 3.63) is 0 Å². The summed E-state index contributed by atoms with van der Waals surface area (Å²) in [7, 11) is 3.86. The van der Waals surface area contributed by atoms with Crippen molar-refractivity contribution >= 4 is 0 Å². The molecule has 0 rings (SSSR count). The van der Waals surface area contributed by atoms with Gasteiger partial charge in [-0.1, -0.05) is 20.8 Å². The van der Waals surface area contributed by atoms with E-state index in [1.807, 2.05) is 0 Å². The molecule has 0 saturated heterocycles. The molecule has 0 spiro atoms. The zero-order valence-electron chi connectivity index (χ0n) is 12.1. The summed E-state index contributed by atoms with van der Waals surface area (Å²) in [6.45, 7) is 14.2. The maximum atomic E-state index is 5.82. The van der Waals surface area contributed by atoms with Crippen LogP contribution >= 0.6 is 0 Å². The smallest absolute Gasteiger partial charge is 0.0645 e. The molecular formula is C13H29NO2. The first kappa shape index (κ1) is 15.9. The van der Waals surface area contributed by atoms with E-state index in [-0.39, 0.29) is 11.0 Å². The molecule has 0 amide bonds. The number of hydrogen-bond donors (Lipinski definition) is 0. The highest BCUT2D eigenvalue weighted by Crippen LogP contribution is 2.18. The van der Waals surface area contributed by atoms with Crippen molar-refractivity contribution < 1.29 is 9.47 Å². The van der Waals surface area contributed by atoms with Gasteiger partial charge >= 0.3 is 0 Å². The topological polar surface area (TPSA) is 21.7 Å². The summed E-state index contributed by atoms with van der Waals surface area (Å²) in [6.07, 6.45) is 0. The van der Waals surface area contributed by atoms with E-state index in [0.29, 0.717) is 0 Å². The lowest BCUT2D eigenvalue weighted by molar-refractivity contribution is -0.0273. The van der Waals surface area contributed by atoms with Crippen LogP contribution in [0, 0.1) is 5.41 Å². The van der Waals surface area contributed by atoms with Crippen LogP contribution in [0.15, 0.2) is 0 Å². The molecule has 3 nitrogen and oxygen atoms in total. The van der Waals surface area contributed by atoms with E-state index < -0.39 is 0 Å². The highest BCUT2D eigenvalue weighted by Gasteiger charge is 2.24. The monoisotopic (exact) mass is 231 g/mol. The minimum absolute atomic E-state index is 0.0929. The molecule has 0 unspecified atom stereocenters. The van der Waals surface area contributed by atoms with Gasteiger partial charge in [-0.3, -0.25) is 4.90 Å². The summed E-state index contributed by atoms with van der Waals surface area (Å²) < 4.78 is 11.0. The molecular weight excluding hydrogens is 202 g/mol. The van der Waals surface area contributed by atoms with Crippen molar-refractivity contribution in [2.24, 2.45) is 5.41 Å². The molecule has 0 atom stereocenters. The van der Waals surface area contributed by atoms with E-state index in [1.165, 1.54) is 0 Å². The molecule has 0 N–H and O–H groups in total. The Balaban J connectivity index is 3.97. The molecule has 0 aromatic heterocycles. The number of rotatable bonds is 8. The second kappa shape index (κ2) is 6.58. The van der Waals surface area contributed by atoms with Crippen LogP contribution < -0.4 is 0 Å². The van der Waals surface area contributed by atoms with Crippen LogP contribution in [0.3, 0.4) is 0 Å². The molecule has 0 aromatic rings. The Morgan fingerprint density at radius 2 is 1.56 bits per heavy atom. The molecule has 0 radical (unpaired) electrons. The van der Waals surface area contributed by atoms with Gasteiger partial charge in [0.15, 0.2) is 0 Å². The van der Waals surface area contributed by atoms with E-state index in [4.69, 9.17) is 9.47 Å². The second-order valence-corrected chi connectivity index (χ2v) is 5.92. The van der Waals surface area contributed by atoms with Crippen molar-refractivity contribution in [1.82, 2.24) is 4.90 Å². The number of ether oxygens (including phenoxy) is 2. The van der Waals surface area contributed by atoms with E-state index in [1.54, 1.807) is 7.11 Å². The molecule has 0 fully saturated rings. The first-order valence-electron chi connectivity index (χ1n) is 6.03. The summed E-state index contributed by atoms with van der Waals surface area (Å²) in [5.74, 6) is 0. The highest BCUT2D eigenvalue weighted by atomic mass is 16.5. The van der Waals surface area contributed by atoms with Crippen LogP contribution in [-0.4, -0.2) is 51.0 Å². The first-order chi connectivity index (χ1) is 7.25. The molecule has 0 bridgehead atoms. The molecule has 16 heavy (non-hydrogen) atoms. The van der Waals surface area contributed by atoms with Gasteiger partial charge in [-0.2, -0.15) is 0 Å². The van der Waals surface area contributed by atoms with Gasteiger partial charge in [0.05, 0.1) is 19.8 Å². The lowest BCUT2D eigenvalue weighted by atomic mass is 9.96. The van der Waals surface area contributed by atoms with Gasteiger partial charge in [-0.05, 0) is 27.4 Å².